The molecule has 0 atom stereocenters. The molecule has 0 unspecified atom stereocenters. The van der Waals surface area contributed by atoms with E-state index < -0.39 is 0 Å². The van der Waals surface area contributed by atoms with E-state index in [9.17, 15) is 0 Å². The molecule has 0 aliphatic rings. The Balaban J connectivity index is 0. The molecule has 2 aromatic rings. The summed E-state index contributed by atoms with van der Waals surface area (Å²) in [5.41, 5.74) is 0. The average Bonchev–Trinajstić information content (AvgIpc) is 2.05. The minimum absolute atomic E-state index is 0. The number of rotatable bonds is 0. The predicted molar refractivity (Wildman–Crippen MR) is 51.8 cm³/mol. The molecule has 58 valence electrons. The van der Waals surface area contributed by atoms with Crippen LogP contribution in [0.4, 0.5) is 0 Å². The van der Waals surface area contributed by atoms with E-state index >= 15 is 0 Å². The molecule has 0 amide bonds. The second kappa shape index (κ2) is 5.03. The predicted octanol–water partition coefficient (Wildman–Crippen LogP) is 0.592. The molecule has 2 rings (SSSR count). The standard InChI is InChI=1S/C10H8.CH4.Li.H/c1-2-6-10-8-4-3-7-9(10)5-1;;;/h1-8H;1H4;;/q;;+1;-1. The van der Waals surface area contributed by atoms with Gasteiger partial charge in [-0.05, 0) is 10.8 Å². The fraction of sp³-hybridized carbons (Fsp3) is 0.0909. The van der Waals surface area contributed by atoms with E-state index in [0.29, 0.717) is 0 Å². The third-order valence-electron chi connectivity index (χ3n) is 1.66. The quantitative estimate of drug-likeness (QED) is 0.485. The molecule has 1 heteroatoms. The molecule has 0 aliphatic carbocycles. The van der Waals surface area contributed by atoms with Gasteiger partial charge in [-0.3, -0.25) is 0 Å². The van der Waals surface area contributed by atoms with Gasteiger partial charge in [0.25, 0.3) is 0 Å². The van der Waals surface area contributed by atoms with Gasteiger partial charge in [-0.2, -0.15) is 0 Å². The summed E-state index contributed by atoms with van der Waals surface area (Å²) in [6.07, 6.45) is 0. The molecule has 0 bridgehead atoms. The van der Waals surface area contributed by atoms with E-state index in [1.807, 2.05) is 0 Å². The van der Waals surface area contributed by atoms with Gasteiger partial charge in [0, 0.05) is 0 Å². The molecule has 0 N–H and O–H groups in total. The van der Waals surface area contributed by atoms with Gasteiger partial charge in [0.1, 0.15) is 0 Å². The van der Waals surface area contributed by atoms with E-state index in [1.165, 1.54) is 10.8 Å². The topological polar surface area (TPSA) is 0 Å². The normalized spacial score (nSPS) is 8.33. The van der Waals surface area contributed by atoms with Gasteiger partial charge in [0.15, 0.2) is 0 Å². The molecule has 2 aromatic carbocycles. The van der Waals surface area contributed by atoms with Gasteiger partial charge in [0.05, 0.1) is 0 Å². The van der Waals surface area contributed by atoms with E-state index in [0.717, 1.165) is 0 Å². The first-order valence-electron chi connectivity index (χ1n) is 3.40. The zero-order valence-electron chi connectivity index (χ0n) is 7.62. The first-order valence-corrected chi connectivity index (χ1v) is 3.40. The van der Waals surface area contributed by atoms with Gasteiger partial charge < -0.3 is 1.43 Å². The van der Waals surface area contributed by atoms with Crippen molar-refractivity contribution in [2.45, 2.75) is 7.43 Å². The molecule has 0 radical (unpaired) electrons. The molecule has 12 heavy (non-hydrogen) atoms. The number of hydrogen-bond acceptors (Lipinski definition) is 0. The fourth-order valence-corrected chi connectivity index (χ4v) is 1.13. The van der Waals surface area contributed by atoms with Gasteiger partial charge in [-0.25, -0.2) is 0 Å². The van der Waals surface area contributed by atoms with Crippen molar-refractivity contribution < 1.29 is 20.3 Å². The van der Waals surface area contributed by atoms with Crippen LogP contribution >= 0.6 is 0 Å². The molecule has 0 aromatic heterocycles. The molecule has 0 aliphatic heterocycles. The zero-order valence-corrected chi connectivity index (χ0v) is 6.62. The van der Waals surface area contributed by atoms with Crippen LogP contribution in [0.2, 0.25) is 0 Å². The minimum Gasteiger partial charge on any atom is -1.00 e. The molecule has 0 saturated heterocycles. The maximum Gasteiger partial charge on any atom is 1.00 e. The Morgan fingerprint density at radius 1 is 0.667 bits per heavy atom. The summed E-state index contributed by atoms with van der Waals surface area (Å²) in [6.45, 7) is 0. The van der Waals surface area contributed by atoms with Crippen molar-refractivity contribution in [2.24, 2.45) is 0 Å². The van der Waals surface area contributed by atoms with Crippen molar-refractivity contribution in [1.82, 2.24) is 0 Å². The molecule has 0 saturated carbocycles. The fourth-order valence-electron chi connectivity index (χ4n) is 1.13. The summed E-state index contributed by atoms with van der Waals surface area (Å²) in [5.74, 6) is 0. The Hall–Kier alpha value is -0.703. The van der Waals surface area contributed by atoms with E-state index in [2.05, 4.69) is 48.5 Å². The summed E-state index contributed by atoms with van der Waals surface area (Å²) in [5, 5.41) is 2.62. The van der Waals surface area contributed by atoms with Crippen molar-refractivity contribution >= 4 is 10.8 Å². The maximum atomic E-state index is 2.12. The number of fused-ring (bicyclic) bond motifs is 1. The maximum absolute atomic E-state index is 2.12. The van der Waals surface area contributed by atoms with Gasteiger partial charge >= 0.3 is 18.9 Å². The van der Waals surface area contributed by atoms with E-state index in [-0.39, 0.29) is 27.7 Å². The Morgan fingerprint density at radius 3 is 1.17 bits per heavy atom. The average molecular weight is 152 g/mol. The Morgan fingerprint density at radius 2 is 0.917 bits per heavy atom. The monoisotopic (exact) mass is 152 g/mol. The molecule has 0 spiro atoms. The van der Waals surface area contributed by atoms with Crippen molar-refractivity contribution in [3.05, 3.63) is 48.5 Å². The first kappa shape index (κ1) is 11.3. The van der Waals surface area contributed by atoms with Crippen molar-refractivity contribution in [2.75, 3.05) is 0 Å². The summed E-state index contributed by atoms with van der Waals surface area (Å²) < 4.78 is 0. The van der Waals surface area contributed by atoms with Gasteiger partial charge in [-0.15, -0.1) is 0 Å². The summed E-state index contributed by atoms with van der Waals surface area (Å²) in [4.78, 5) is 0. The van der Waals surface area contributed by atoms with E-state index in [4.69, 9.17) is 0 Å². The smallest absolute Gasteiger partial charge is 1.00 e. The third kappa shape index (κ3) is 2.14. The van der Waals surface area contributed by atoms with Crippen LogP contribution < -0.4 is 18.9 Å². The van der Waals surface area contributed by atoms with Crippen LogP contribution in [0.5, 0.6) is 0 Å². The molecule has 0 nitrogen and oxygen atoms in total. The van der Waals surface area contributed by atoms with Crippen LogP contribution in [0.15, 0.2) is 48.5 Å². The largest absolute Gasteiger partial charge is 1.00 e. The van der Waals surface area contributed by atoms with Gasteiger partial charge in [-0.1, -0.05) is 56.0 Å². The van der Waals surface area contributed by atoms with Crippen LogP contribution in [0.25, 0.3) is 10.8 Å². The minimum atomic E-state index is 0. The van der Waals surface area contributed by atoms with Crippen LogP contribution in [0, 0.1) is 0 Å². The van der Waals surface area contributed by atoms with Crippen molar-refractivity contribution in [1.29, 1.82) is 0 Å². The van der Waals surface area contributed by atoms with Gasteiger partial charge in [0.2, 0.25) is 0 Å². The molecule has 0 heterocycles. The Kier molecular flexibility index (Phi) is 4.74. The zero-order chi connectivity index (χ0) is 6.81. The van der Waals surface area contributed by atoms with Crippen LogP contribution in [0.3, 0.4) is 0 Å². The van der Waals surface area contributed by atoms with Crippen molar-refractivity contribution in [3.63, 3.8) is 0 Å². The second-order valence-electron chi connectivity index (χ2n) is 2.35. The third-order valence-corrected chi connectivity index (χ3v) is 1.66. The molecular weight excluding hydrogens is 139 g/mol. The number of benzene rings is 2. The van der Waals surface area contributed by atoms with Crippen LogP contribution in [-0.2, 0) is 0 Å². The second-order valence-corrected chi connectivity index (χ2v) is 2.35. The summed E-state index contributed by atoms with van der Waals surface area (Å²) in [7, 11) is 0. The molecule has 0 fully saturated rings. The Bertz CT molecular complexity index is 281. The number of hydrogen-bond donors (Lipinski definition) is 0. The van der Waals surface area contributed by atoms with Crippen LogP contribution in [-0.4, -0.2) is 0 Å². The SMILES string of the molecule is C.[H-].[Li+].c1ccc2ccccc2c1. The van der Waals surface area contributed by atoms with Crippen molar-refractivity contribution in [3.8, 4) is 0 Å². The first-order chi connectivity index (χ1) is 4.97. The molecular formula is C11H13Li. The summed E-state index contributed by atoms with van der Waals surface area (Å²) >= 11 is 0. The Labute approximate surface area is 87.3 Å². The van der Waals surface area contributed by atoms with E-state index in [1.54, 1.807) is 0 Å². The summed E-state index contributed by atoms with van der Waals surface area (Å²) in [6, 6.07) is 16.7. The van der Waals surface area contributed by atoms with Crippen LogP contribution in [0.1, 0.15) is 8.85 Å².